The monoisotopic (exact) mass is 226 g/mol. The van der Waals surface area contributed by atoms with Crippen molar-refractivity contribution in [2.75, 3.05) is 6.54 Å². The van der Waals surface area contributed by atoms with Crippen LogP contribution >= 0.6 is 0 Å². The molecule has 0 bridgehead atoms. The van der Waals surface area contributed by atoms with Crippen LogP contribution in [0, 0.1) is 0 Å². The molecule has 0 saturated heterocycles. The van der Waals surface area contributed by atoms with E-state index in [4.69, 9.17) is 9.15 Å². The predicted molar refractivity (Wildman–Crippen MR) is 55.1 cm³/mol. The lowest BCUT2D eigenvalue weighted by Crippen LogP contribution is -2.35. The van der Waals surface area contributed by atoms with Gasteiger partial charge in [0.25, 0.3) is 5.89 Å². The number of ketones is 1. The van der Waals surface area contributed by atoms with Gasteiger partial charge < -0.3 is 14.5 Å². The Balaban J connectivity index is 2.35. The van der Waals surface area contributed by atoms with Gasteiger partial charge in [0.05, 0.1) is 12.7 Å². The summed E-state index contributed by atoms with van der Waals surface area (Å²) in [5.41, 5.74) is -0.587. The molecule has 1 rings (SSSR count). The molecule has 0 aromatic carbocycles. The molecule has 1 aromatic heterocycles. The van der Waals surface area contributed by atoms with Gasteiger partial charge in [0, 0.05) is 0 Å². The molecular weight excluding hydrogens is 212 g/mol. The fourth-order valence-electron chi connectivity index (χ4n) is 0.903. The van der Waals surface area contributed by atoms with Crippen molar-refractivity contribution in [1.29, 1.82) is 0 Å². The molecule has 0 saturated carbocycles. The molecule has 0 aliphatic carbocycles. The first kappa shape index (κ1) is 12.2. The number of hydrogen-bond donors (Lipinski definition) is 1. The number of amides is 1. The minimum absolute atomic E-state index is 0.0314. The number of rotatable bonds is 3. The molecule has 1 N–H and O–H groups in total. The first-order valence-electron chi connectivity index (χ1n) is 4.78. The van der Waals surface area contributed by atoms with Crippen molar-refractivity contribution in [3.63, 3.8) is 0 Å². The van der Waals surface area contributed by atoms with E-state index in [1.807, 2.05) is 0 Å². The van der Waals surface area contributed by atoms with Crippen molar-refractivity contribution < 1.29 is 18.7 Å². The van der Waals surface area contributed by atoms with Gasteiger partial charge in [-0.2, -0.15) is 0 Å². The van der Waals surface area contributed by atoms with E-state index >= 15 is 0 Å². The SMILES string of the molecule is CC(C)(C)OC(=O)NCC(=O)c1ncco1. The molecule has 6 heteroatoms. The van der Waals surface area contributed by atoms with Gasteiger partial charge in [-0.15, -0.1) is 0 Å². The molecule has 6 nitrogen and oxygen atoms in total. The first-order chi connectivity index (χ1) is 7.38. The highest BCUT2D eigenvalue weighted by molar-refractivity contribution is 5.94. The Hall–Kier alpha value is -1.85. The molecule has 0 fully saturated rings. The highest BCUT2D eigenvalue weighted by Crippen LogP contribution is 2.06. The lowest BCUT2D eigenvalue weighted by atomic mass is 10.2. The fraction of sp³-hybridized carbons (Fsp3) is 0.500. The molecule has 16 heavy (non-hydrogen) atoms. The summed E-state index contributed by atoms with van der Waals surface area (Å²) in [7, 11) is 0. The molecule has 0 atom stereocenters. The maximum atomic E-state index is 11.3. The minimum Gasteiger partial charge on any atom is -0.444 e. The van der Waals surface area contributed by atoms with Gasteiger partial charge in [-0.05, 0) is 20.8 Å². The van der Waals surface area contributed by atoms with Crippen LogP contribution in [0.3, 0.4) is 0 Å². The Bertz CT molecular complexity index is 365. The summed E-state index contributed by atoms with van der Waals surface area (Å²) in [5, 5.41) is 2.32. The number of oxazole rings is 1. The number of Topliss-reactive ketones (excluding diaryl/α,β-unsaturated/α-hetero) is 1. The van der Waals surface area contributed by atoms with Crippen LogP contribution in [0.2, 0.25) is 0 Å². The molecule has 1 heterocycles. The van der Waals surface area contributed by atoms with Crippen LogP contribution in [-0.2, 0) is 4.74 Å². The van der Waals surface area contributed by atoms with Crippen LogP contribution in [0.1, 0.15) is 31.5 Å². The summed E-state index contributed by atoms with van der Waals surface area (Å²) < 4.78 is 9.73. The van der Waals surface area contributed by atoms with E-state index in [2.05, 4.69) is 10.3 Å². The molecule has 0 aliphatic rings. The van der Waals surface area contributed by atoms with Crippen molar-refractivity contribution >= 4 is 11.9 Å². The number of nitrogens with zero attached hydrogens (tertiary/aromatic N) is 1. The van der Waals surface area contributed by atoms with Gasteiger partial charge in [0.15, 0.2) is 0 Å². The van der Waals surface area contributed by atoms with Gasteiger partial charge in [0.2, 0.25) is 5.78 Å². The maximum Gasteiger partial charge on any atom is 0.408 e. The zero-order valence-electron chi connectivity index (χ0n) is 9.44. The van der Waals surface area contributed by atoms with Crippen LogP contribution in [0.25, 0.3) is 0 Å². The summed E-state index contributed by atoms with van der Waals surface area (Å²) in [4.78, 5) is 26.2. The fourth-order valence-corrected chi connectivity index (χ4v) is 0.903. The normalized spacial score (nSPS) is 10.9. The number of ether oxygens (including phenoxy) is 1. The highest BCUT2D eigenvalue weighted by Gasteiger charge is 2.18. The quantitative estimate of drug-likeness (QED) is 0.787. The maximum absolute atomic E-state index is 11.3. The van der Waals surface area contributed by atoms with E-state index in [0.717, 1.165) is 0 Å². The second-order valence-corrected chi connectivity index (χ2v) is 4.12. The van der Waals surface area contributed by atoms with E-state index in [-0.39, 0.29) is 12.4 Å². The summed E-state index contributed by atoms with van der Waals surface area (Å²) in [6.45, 7) is 5.02. The van der Waals surface area contributed by atoms with Gasteiger partial charge in [-0.25, -0.2) is 9.78 Å². The molecule has 1 amide bonds. The van der Waals surface area contributed by atoms with Crippen molar-refractivity contribution in [1.82, 2.24) is 10.3 Å². The van der Waals surface area contributed by atoms with Gasteiger partial charge in [-0.3, -0.25) is 4.79 Å². The number of nitrogens with one attached hydrogen (secondary N) is 1. The number of aromatic nitrogens is 1. The minimum atomic E-state index is -0.646. The molecule has 1 aromatic rings. The lowest BCUT2D eigenvalue weighted by Gasteiger charge is -2.19. The van der Waals surface area contributed by atoms with Crippen LogP contribution < -0.4 is 5.32 Å². The Kier molecular flexibility index (Phi) is 3.65. The summed E-state index contributed by atoms with van der Waals surface area (Å²) in [5.74, 6) is -0.438. The van der Waals surface area contributed by atoms with Gasteiger partial charge in [0.1, 0.15) is 11.9 Å². The van der Waals surface area contributed by atoms with Crippen molar-refractivity contribution in [2.45, 2.75) is 26.4 Å². The Morgan fingerprint density at radius 3 is 2.69 bits per heavy atom. The average Bonchev–Trinajstić information content (AvgIpc) is 2.64. The number of carbonyl (C=O) groups is 2. The average molecular weight is 226 g/mol. The van der Waals surface area contributed by atoms with E-state index < -0.39 is 17.5 Å². The lowest BCUT2D eigenvalue weighted by molar-refractivity contribution is 0.0519. The second-order valence-electron chi connectivity index (χ2n) is 4.12. The zero-order chi connectivity index (χ0) is 12.2. The Labute approximate surface area is 93.0 Å². The standard InChI is InChI=1S/C10H14N2O4/c1-10(2,3)16-9(14)12-6-7(13)8-11-4-5-15-8/h4-5H,6H2,1-3H3,(H,12,14). The van der Waals surface area contributed by atoms with E-state index in [1.165, 1.54) is 12.5 Å². The van der Waals surface area contributed by atoms with Crippen LogP contribution in [-0.4, -0.2) is 29.0 Å². The van der Waals surface area contributed by atoms with Crippen LogP contribution in [0.4, 0.5) is 4.79 Å². The third-order valence-corrected chi connectivity index (χ3v) is 1.46. The van der Waals surface area contributed by atoms with Crippen molar-refractivity contribution in [3.05, 3.63) is 18.4 Å². The van der Waals surface area contributed by atoms with Crippen molar-refractivity contribution in [3.8, 4) is 0 Å². The summed E-state index contributed by atoms with van der Waals surface area (Å²) >= 11 is 0. The zero-order valence-corrected chi connectivity index (χ0v) is 9.44. The molecule has 0 spiro atoms. The molecule has 0 radical (unpaired) electrons. The predicted octanol–water partition coefficient (Wildman–Crippen LogP) is 1.38. The Morgan fingerprint density at radius 1 is 1.50 bits per heavy atom. The molecule has 0 unspecified atom stereocenters. The van der Waals surface area contributed by atoms with Gasteiger partial charge in [-0.1, -0.05) is 0 Å². The number of alkyl carbamates (subject to hydrolysis) is 1. The number of carbonyl (C=O) groups excluding carboxylic acids is 2. The first-order valence-corrected chi connectivity index (χ1v) is 4.78. The van der Waals surface area contributed by atoms with Crippen molar-refractivity contribution in [2.24, 2.45) is 0 Å². The number of hydrogen-bond acceptors (Lipinski definition) is 5. The Morgan fingerprint density at radius 2 is 2.19 bits per heavy atom. The molecule has 0 aliphatic heterocycles. The third kappa shape index (κ3) is 4.12. The smallest absolute Gasteiger partial charge is 0.408 e. The van der Waals surface area contributed by atoms with E-state index in [9.17, 15) is 9.59 Å². The van der Waals surface area contributed by atoms with E-state index in [1.54, 1.807) is 20.8 Å². The largest absolute Gasteiger partial charge is 0.444 e. The van der Waals surface area contributed by atoms with E-state index in [0.29, 0.717) is 0 Å². The second kappa shape index (κ2) is 4.78. The topological polar surface area (TPSA) is 81.4 Å². The highest BCUT2D eigenvalue weighted by atomic mass is 16.6. The molecule has 88 valence electrons. The molecular formula is C10H14N2O4. The summed E-state index contributed by atoms with van der Waals surface area (Å²) in [6, 6.07) is 0. The summed E-state index contributed by atoms with van der Waals surface area (Å²) in [6.07, 6.45) is 2.01. The van der Waals surface area contributed by atoms with Gasteiger partial charge >= 0.3 is 6.09 Å². The third-order valence-electron chi connectivity index (χ3n) is 1.46. The van der Waals surface area contributed by atoms with Crippen LogP contribution in [0.5, 0.6) is 0 Å². The van der Waals surface area contributed by atoms with Crippen LogP contribution in [0.15, 0.2) is 16.9 Å².